The van der Waals surface area contributed by atoms with Crippen LogP contribution in [0.15, 0.2) is 24.3 Å². The van der Waals surface area contributed by atoms with Crippen LogP contribution >= 0.6 is 11.3 Å². The zero-order valence-electron chi connectivity index (χ0n) is 10.8. The fourth-order valence-corrected chi connectivity index (χ4v) is 2.64. The maximum atomic E-state index is 5.83. The number of benzene rings is 1. The normalized spacial score (nSPS) is 10.6. The quantitative estimate of drug-likeness (QED) is 0.832. The van der Waals surface area contributed by atoms with Gasteiger partial charge < -0.3 is 10.5 Å². The van der Waals surface area contributed by atoms with Crippen LogP contribution in [-0.4, -0.2) is 11.6 Å². The summed E-state index contributed by atoms with van der Waals surface area (Å²) in [5, 5.41) is 0.603. The molecular formula is C14H18N2OS. The molecule has 0 unspecified atom stereocenters. The molecule has 2 aromatic rings. The summed E-state index contributed by atoms with van der Waals surface area (Å²) in [5.41, 5.74) is 7.80. The summed E-state index contributed by atoms with van der Waals surface area (Å²) in [6, 6.07) is 8.06. The van der Waals surface area contributed by atoms with E-state index < -0.39 is 0 Å². The summed E-state index contributed by atoms with van der Waals surface area (Å²) in [4.78, 5) is 5.36. The van der Waals surface area contributed by atoms with Crippen LogP contribution in [0.3, 0.4) is 0 Å². The third-order valence-corrected chi connectivity index (χ3v) is 3.72. The molecular weight excluding hydrogens is 244 g/mol. The number of aryl methyl sites for hydroxylation is 1. The van der Waals surface area contributed by atoms with Gasteiger partial charge in [-0.25, -0.2) is 4.98 Å². The van der Waals surface area contributed by atoms with Crippen molar-refractivity contribution in [2.24, 2.45) is 0 Å². The number of nitrogen functional groups attached to an aromatic ring is 1. The maximum Gasteiger partial charge on any atom is 0.180 e. The molecule has 0 radical (unpaired) electrons. The molecule has 4 heteroatoms. The first-order valence-electron chi connectivity index (χ1n) is 6.17. The molecule has 1 heterocycles. The van der Waals surface area contributed by atoms with E-state index in [0.29, 0.717) is 5.13 Å². The Hall–Kier alpha value is -1.55. The minimum absolute atomic E-state index is 0.603. The predicted octanol–water partition coefficient (Wildman–Crippen LogP) is 3.88. The maximum absolute atomic E-state index is 5.83. The van der Waals surface area contributed by atoms with Gasteiger partial charge in [-0.1, -0.05) is 36.8 Å². The standard InChI is InChI=1S/C14H18N2OS/c1-3-4-9-17-12-8-6-5-7-11(12)13-10(2)16-14(15)18-13/h5-8H,3-4,9H2,1-2H3,(H2,15,16). The highest BCUT2D eigenvalue weighted by molar-refractivity contribution is 7.18. The van der Waals surface area contributed by atoms with Crippen molar-refractivity contribution in [2.75, 3.05) is 12.3 Å². The lowest BCUT2D eigenvalue weighted by molar-refractivity contribution is 0.310. The monoisotopic (exact) mass is 262 g/mol. The topological polar surface area (TPSA) is 48.1 Å². The molecule has 0 amide bonds. The first kappa shape index (κ1) is 12.9. The molecule has 0 atom stereocenters. The molecule has 3 nitrogen and oxygen atoms in total. The van der Waals surface area contributed by atoms with Gasteiger partial charge >= 0.3 is 0 Å². The zero-order valence-corrected chi connectivity index (χ0v) is 11.6. The van der Waals surface area contributed by atoms with Crippen molar-refractivity contribution in [3.63, 3.8) is 0 Å². The summed E-state index contributed by atoms with van der Waals surface area (Å²) >= 11 is 1.51. The van der Waals surface area contributed by atoms with E-state index in [1.54, 1.807) is 0 Å². The van der Waals surface area contributed by atoms with Crippen molar-refractivity contribution < 1.29 is 4.74 Å². The Bertz CT molecular complexity index is 522. The molecule has 0 bridgehead atoms. The van der Waals surface area contributed by atoms with Crippen LogP contribution in [0.5, 0.6) is 5.75 Å². The van der Waals surface area contributed by atoms with E-state index in [9.17, 15) is 0 Å². The van der Waals surface area contributed by atoms with Crippen molar-refractivity contribution in [1.82, 2.24) is 4.98 Å². The summed E-state index contributed by atoms with van der Waals surface area (Å²) in [7, 11) is 0. The van der Waals surface area contributed by atoms with E-state index in [-0.39, 0.29) is 0 Å². The van der Waals surface area contributed by atoms with Gasteiger partial charge in [-0.2, -0.15) is 0 Å². The molecule has 1 aromatic carbocycles. The molecule has 0 aliphatic rings. The van der Waals surface area contributed by atoms with Crippen LogP contribution in [0.25, 0.3) is 10.4 Å². The van der Waals surface area contributed by atoms with Crippen molar-refractivity contribution in [1.29, 1.82) is 0 Å². The number of unbranched alkanes of at least 4 members (excludes halogenated alkanes) is 1. The highest BCUT2D eigenvalue weighted by Gasteiger charge is 2.12. The van der Waals surface area contributed by atoms with E-state index in [1.807, 2.05) is 25.1 Å². The van der Waals surface area contributed by atoms with Crippen LogP contribution in [0.2, 0.25) is 0 Å². The van der Waals surface area contributed by atoms with E-state index >= 15 is 0 Å². The number of anilines is 1. The summed E-state index contributed by atoms with van der Waals surface area (Å²) in [6.07, 6.45) is 2.20. The molecule has 0 aliphatic heterocycles. The largest absolute Gasteiger partial charge is 0.493 e. The molecule has 2 rings (SSSR count). The number of para-hydroxylation sites is 1. The van der Waals surface area contributed by atoms with Crippen LogP contribution in [0.4, 0.5) is 5.13 Å². The zero-order chi connectivity index (χ0) is 13.0. The third-order valence-electron chi connectivity index (χ3n) is 2.70. The Kier molecular flexibility index (Phi) is 4.20. The van der Waals surface area contributed by atoms with Crippen molar-refractivity contribution >= 4 is 16.5 Å². The van der Waals surface area contributed by atoms with Crippen molar-refractivity contribution in [3.05, 3.63) is 30.0 Å². The van der Waals surface area contributed by atoms with Crippen LogP contribution in [0, 0.1) is 6.92 Å². The molecule has 0 saturated heterocycles. The summed E-state index contributed by atoms with van der Waals surface area (Å²) in [6.45, 7) is 4.88. The molecule has 0 spiro atoms. The number of nitrogens with zero attached hydrogens (tertiary/aromatic N) is 1. The van der Waals surface area contributed by atoms with E-state index in [4.69, 9.17) is 10.5 Å². The van der Waals surface area contributed by atoms with Gasteiger partial charge in [-0.05, 0) is 25.5 Å². The minimum atomic E-state index is 0.603. The fraction of sp³-hybridized carbons (Fsp3) is 0.357. The van der Waals surface area contributed by atoms with Crippen LogP contribution in [-0.2, 0) is 0 Å². The number of hydrogen-bond acceptors (Lipinski definition) is 4. The lowest BCUT2D eigenvalue weighted by Gasteiger charge is -2.10. The highest BCUT2D eigenvalue weighted by Crippen LogP contribution is 2.37. The van der Waals surface area contributed by atoms with Crippen molar-refractivity contribution in [3.8, 4) is 16.2 Å². The number of hydrogen-bond donors (Lipinski definition) is 1. The van der Waals surface area contributed by atoms with Gasteiger partial charge in [0.1, 0.15) is 5.75 Å². The fourth-order valence-electron chi connectivity index (χ4n) is 1.77. The van der Waals surface area contributed by atoms with Gasteiger partial charge in [0, 0.05) is 5.56 Å². The van der Waals surface area contributed by atoms with Gasteiger partial charge in [-0.15, -0.1) is 0 Å². The lowest BCUT2D eigenvalue weighted by atomic mass is 10.1. The van der Waals surface area contributed by atoms with Gasteiger partial charge in [0.15, 0.2) is 5.13 Å². The van der Waals surface area contributed by atoms with E-state index in [2.05, 4.69) is 18.0 Å². The van der Waals surface area contributed by atoms with E-state index in [1.165, 1.54) is 11.3 Å². The second kappa shape index (κ2) is 5.87. The molecule has 96 valence electrons. The Morgan fingerprint density at radius 2 is 2.11 bits per heavy atom. The Labute approximate surface area is 112 Å². The lowest BCUT2D eigenvalue weighted by Crippen LogP contribution is -1.97. The second-order valence-electron chi connectivity index (χ2n) is 4.16. The summed E-state index contributed by atoms with van der Waals surface area (Å²) in [5.74, 6) is 0.915. The SMILES string of the molecule is CCCCOc1ccccc1-c1sc(N)nc1C. The first-order chi connectivity index (χ1) is 8.72. The van der Waals surface area contributed by atoms with Gasteiger partial charge in [0.25, 0.3) is 0 Å². The third kappa shape index (κ3) is 2.82. The average molecular weight is 262 g/mol. The minimum Gasteiger partial charge on any atom is -0.493 e. The first-order valence-corrected chi connectivity index (χ1v) is 6.99. The highest BCUT2D eigenvalue weighted by atomic mass is 32.1. The Balaban J connectivity index is 2.29. The second-order valence-corrected chi connectivity index (χ2v) is 5.20. The average Bonchev–Trinajstić information content (AvgIpc) is 2.69. The van der Waals surface area contributed by atoms with Crippen LogP contribution in [0.1, 0.15) is 25.5 Å². The number of aromatic nitrogens is 1. The van der Waals surface area contributed by atoms with Gasteiger partial charge in [0.05, 0.1) is 17.2 Å². The van der Waals surface area contributed by atoms with Crippen LogP contribution < -0.4 is 10.5 Å². The predicted molar refractivity (Wildman–Crippen MR) is 77.1 cm³/mol. The van der Waals surface area contributed by atoms with Crippen molar-refractivity contribution in [2.45, 2.75) is 26.7 Å². The molecule has 0 saturated carbocycles. The van der Waals surface area contributed by atoms with Gasteiger partial charge in [-0.3, -0.25) is 0 Å². The Morgan fingerprint density at radius 3 is 2.78 bits per heavy atom. The Morgan fingerprint density at radius 1 is 1.33 bits per heavy atom. The molecule has 18 heavy (non-hydrogen) atoms. The summed E-state index contributed by atoms with van der Waals surface area (Å²) < 4.78 is 5.83. The molecule has 2 N–H and O–H groups in total. The number of thiazole rings is 1. The molecule has 0 fully saturated rings. The number of rotatable bonds is 5. The smallest absolute Gasteiger partial charge is 0.180 e. The number of ether oxygens (including phenoxy) is 1. The number of nitrogens with two attached hydrogens (primary N) is 1. The molecule has 0 aliphatic carbocycles. The van der Waals surface area contributed by atoms with Gasteiger partial charge in [0.2, 0.25) is 0 Å². The molecule has 1 aromatic heterocycles. The van der Waals surface area contributed by atoms with E-state index in [0.717, 1.165) is 41.3 Å².